The fraction of sp³-hybridized carbons (Fsp3) is 0.200. The zero-order valence-corrected chi connectivity index (χ0v) is 12.9. The second-order valence-corrected chi connectivity index (χ2v) is 5.54. The highest BCUT2D eigenvalue weighted by Gasteiger charge is 2.13. The number of methoxy groups -OCH3 is 1. The van der Waals surface area contributed by atoms with E-state index in [9.17, 15) is 0 Å². The largest absolute Gasteiger partial charge is 0.497 e. The van der Waals surface area contributed by atoms with E-state index >= 15 is 0 Å². The molecule has 0 saturated heterocycles. The van der Waals surface area contributed by atoms with Crippen LogP contribution < -0.4 is 10.5 Å². The zero-order valence-electron chi connectivity index (χ0n) is 10.6. The van der Waals surface area contributed by atoms with Crippen molar-refractivity contribution in [2.75, 3.05) is 7.11 Å². The van der Waals surface area contributed by atoms with Crippen LogP contribution in [0, 0.1) is 0 Å². The Kier molecular flexibility index (Phi) is 4.86. The predicted octanol–water partition coefficient (Wildman–Crippen LogP) is 4.35. The van der Waals surface area contributed by atoms with Gasteiger partial charge in [0, 0.05) is 10.5 Å². The van der Waals surface area contributed by atoms with Gasteiger partial charge >= 0.3 is 0 Å². The Morgan fingerprint density at radius 3 is 2.74 bits per heavy atom. The Morgan fingerprint density at radius 2 is 2.00 bits per heavy atom. The van der Waals surface area contributed by atoms with Crippen LogP contribution in [0.3, 0.4) is 0 Å². The second-order valence-electron chi connectivity index (χ2n) is 4.31. The summed E-state index contributed by atoms with van der Waals surface area (Å²) in [6.45, 7) is 0. The van der Waals surface area contributed by atoms with Crippen molar-refractivity contribution < 1.29 is 4.74 Å². The van der Waals surface area contributed by atoms with Crippen molar-refractivity contribution in [3.63, 3.8) is 0 Å². The molecule has 1 atom stereocenters. The van der Waals surface area contributed by atoms with E-state index in [2.05, 4.69) is 15.9 Å². The summed E-state index contributed by atoms with van der Waals surface area (Å²) < 4.78 is 6.08. The molecule has 0 spiro atoms. The molecule has 0 aliphatic heterocycles. The predicted molar refractivity (Wildman–Crippen MR) is 82.8 cm³/mol. The number of halogens is 2. The first kappa shape index (κ1) is 14.4. The van der Waals surface area contributed by atoms with Crippen molar-refractivity contribution in [1.29, 1.82) is 0 Å². The summed E-state index contributed by atoms with van der Waals surface area (Å²) in [7, 11) is 1.66. The minimum atomic E-state index is -0.142. The Balaban J connectivity index is 2.20. The third-order valence-corrected chi connectivity index (χ3v) is 4.28. The summed E-state index contributed by atoms with van der Waals surface area (Å²) >= 11 is 9.68. The van der Waals surface area contributed by atoms with E-state index in [0.717, 1.165) is 21.3 Å². The smallest absolute Gasteiger partial charge is 0.119 e. The first-order valence-electron chi connectivity index (χ1n) is 5.94. The Bertz CT molecular complexity index is 574. The van der Waals surface area contributed by atoms with Crippen LogP contribution in [0.1, 0.15) is 17.2 Å². The van der Waals surface area contributed by atoms with E-state index in [0.29, 0.717) is 11.4 Å². The molecule has 0 saturated carbocycles. The van der Waals surface area contributed by atoms with E-state index in [-0.39, 0.29) is 6.04 Å². The molecule has 0 radical (unpaired) electrons. The van der Waals surface area contributed by atoms with Gasteiger partial charge in [-0.1, -0.05) is 35.9 Å². The summed E-state index contributed by atoms with van der Waals surface area (Å²) in [5.74, 6) is 0.838. The topological polar surface area (TPSA) is 35.2 Å². The van der Waals surface area contributed by atoms with Gasteiger partial charge in [-0.15, -0.1) is 0 Å². The highest BCUT2D eigenvalue weighted by Crippen LogP contribution is 2.31. The molecule has 2 nitrogen and oxygen atoms in total. The van der Waals surface area contributed by atoms with Crippen molar-refractivity contribution in [2.45, 2.75) is 12.5 Å². The number of ether oxygens (including phenoxy) is 1. The number of rotatable bonds is 4. The molecule has 2 aromatic rings. The minimum Gasteiger partial charge on any atom is -0.497 e. The molecular formula is C15H15BrClNO. The van der Waals surface area contributed by atoms with E-state index in [1.165, 1.54) is 0 Å². The number of hydrogen-bond donors (Lipinski definition) is 1. The van der Waals surface area contributed by atoms with E-state index in [1.807, 2.05) is 42.5 Å². The van der Waals surface area contributed by atoms with Crippen LogP contribution >= 0.6 is 27.5 Å². The summed E-state index contributed by atoms with van der Waals surface area (Å²) in [4.78, 5) is 0. The van der Waals surface area contributed by atoms with Crippen molar-refractivity contribution in [2.24, 2.45) is 5.73 Å². The standard InChI is InChI=1S/C15H15BrClNO/c1-19-11-5-2-4-10(8-11)9-14(18)12-6-3-7-13(16)15(12)17/h2-8,14H,9,18H2,1H3. The lowest BCUT2D eigenvalue weighted by Crippen LogP contribution is -2.14. The lowest BCUT2D eigenvalue weighted by atomic mass is 9.99. The average molecular weight is 341 g/mol. The van der Waals surface area contributed by atoms with Crippen molar-refractivity contribution in [1.82, 2.24) is 0 Å². The summed E-state index contributed by atoms with van der Waals surface area (Å²) in [6.07, 6.45) is 0.716. The second kappa shape index (κ2) is 6.42. The van der Waals surface area contributed by atoms with Gasteiger partial charge in [0.15, 0.2) is 0 Å². The van der Waals surface area contributed by atoms with Gasteiger partial charge in [-0.2, -0.15) is 0 Å². The van der Waals surface area contributed by atoms with Gasteiger partial charge in [0.1, 0.15) is 5.75 Å². The molecule has 19 heavy (non-hydrogen) atoms. The monoisotopic (exact) mass is 339 g/mol. The first-order chi connectivity index (χ1) is 9.11. The number of benzene rings is 2. The zero-order chi connectivity index (χ0) is 13.8. The maximum Gasteiger partial charge on any atom is 0.119 e. The van der Waals surface area contributed by atoms with Crippen molar-refractivity contribution in [3.05, 3.63) is 63.1 Å². The molecule has 2 N–H and O–H groups in total. The van der Waals surface area contributed by atoms with Gasteiger partial charge in [0.2, 0.25) is 0 Å². The summed E-state index contributed by atoms with van der Waals surface area (Å²) in [6, 6.07) is 13.6. The van der Waals surface area contributed by atoms with Crippen LogP contribution in [-0.2, 0) is 6.42 Å². The minimum absolute atomic E-state index is 0.142. The summed E-state index contributed by atoms with van der Waals surface area (Å²) in [5.41, 5.74) is 8.31. The lowest BCUT2D eigenvalue weighted by molar-refractivity contribution is 0.414. The van der Waals surface area contributed by atoms with Gasteiger partial charge in [-0.3, -0.25) is 0 Å². The van der Waals surface area contributed by atoms with E-state index in [1.54, 1.807) is 7.11 Å². The highest BCUT2D eigenvalue weighted by atomic mass is 79.9. The molecular weight excluding hydrogens is 326 g/mol. The normalized spacial score (nSPS) is 12.2. The maximum absolute atomic E-state index is 6.26. The fourth-order valence-corrected chi connectivity index (χ4v) is 2.62. The molecule has 100 valence electrons. The van der Waals surface area contributed by atoms with E-state index in [4.69, 9.17) is 22.1 Å². The molecule has 0 aromatic heterocycles. The SMILES string of the molecule is COc1cccc(CC(N)c2cccc(Br)c2Cl)c1. The van der Waals surface area contributed by atoms with Crippen molar-refractivity contribution in [3.8, 4) is 5.75 Å². The van der Waals surface area contributed by atoms with Gasteiger partial charge in [0.25, 0.3) is 0 Å². The lowest BCUT2D eigenvalue weighted by Gasteiger charge is -2.15. The molecule has 0 fully saturated rings. The van der Waals surface area contributed by atoms with Crippen LogP contribution in [0.15, 0.2) is 46.9 Å². The van der Waals surface area contributed by atoms with Gasteiger partial charge < -0.3 is 10.5 Å². The van der Waals surface area contributed by atoms with Gasteiger partial charge in [-0.05, 0) is 51.7 Å². The average Bonchev–Trinajstić information content (AvgIpc) is 2.42. The fourth-order valence-electron chi connectivity index (χ4n) is 1.97. The van der Waals surface area contributed by atoms with Crippen molar-refractivity contribution >= 4 is 27.5 Å². The van der Waals surface area contributed by atoms with E-state index < -0.39 is 0 Å². The van der Waals surface area contributed by atoms with Gasteiger partial charge in [0.05, 0.1) is 12.1 Å². The molecule has 0 heterocycles. The third kappa shape index (κ3) is 3.50. The van der Waals surface area contributed by atoms with Crippen LogP contribution in [0.2, 0.25) is 5.02 Å². The molecule has 0 amide bonds. The maximum atomic E-state index is 6.26. The Morgan fingerprint density at radius 1 is 1.26 bits per heavy atom. The molecule has 4 heteroatoms. The third-order valence-electron chi connectivity index (χ3n) is 2.97. The van der Waals surface area contributed by atoms with Gasteiger partial charge in [-0.25, -0.2) is 0 Å². The Labute approximate surface area is 126 Å². The molecule has 0 aliphatic carbocycles. The van der Waals surface area contributed by atoms with Crippen LogP contribution in [0.4, 0.5) is 0 Å². The molecule has 1 unspecified atom stereocenters. The number of hydrogen-bond acceptors (Lipinski definition) is 2. The highest BCUT2D eigenvalue weighted by molar-refractivity contribution is 9.10. The molecule has 2 aromatic carbocycles. The van der Waals surface area contributed by atoms with Crippen LogP contribution in [-0.4, -0.2) is 7.11 Å². The van der Waals surface area contributed by atoms with Crippen LogP contribution in [0.25, 0.3) is 0 Å². The molecule has 0 bridgehead atoms. The Hall–Kier alpha value is -1.03. The first-order valence-corrected chi connectivity index (χ1v) is 7.11. The molecule has 2 rings (SSSR count). The number of nitrogens with two attached hydrogens (primary N) is 1. The van der Waals surface area contributed by atoms with Crippen LogP contribution in [0.5, 0.6) is 5.75 Å². The molecule has 0 aliphatic rings. The summed E-state index contributed by atoms with van der Waals surface area (Å²) in [5, 5.41) is 0.679. The quantitative estimate of drug-likeness (QED) is 0.898.